The third-order valence-electron chi connectivity index (χ3n) is 14.0. The molecule has 2 aliphatic rings. The number of nitrogens with one attached hydrogen (secondary N) is 5. The Bertz CT molecular complexity index is 2630. The molecule has 0 bridgehead atoms. The quantitative estimate of drug-likeness (QED) is 0.0282. The molecule has 0 aliphatic carbocycles. The number of amides is 4. The van der Waals surface area contributed by atoms with Crippen LogP contribution in [0.25, 0.3) is 0 Å². The number of benzene rings is 4. The lowest BCUT2D eigenvalue weighted by Crippen LogP contribution is -2.69. The van der Waals surface area contributed by atoms with E-state index in [1.807, 2.05) is 19.1 Å². The van der Waals surface area contributed by atoms with E-state index < -0.39 is 100 Å². The van der Waals surface area contributed by atoms with Crippen molar-refractivity contribution < 1.29 is 77.5 Å². The zero-order chi connectivity index (χ0) is 57.2. The van der Waals surface area contributed by atoms with E-state index in [1.165, 1.54) is 19.2 Å². The normalized spacial score (nSPS) is 22.6. The zero-order valence-electron chi connectivity index (χ0n) is 45.0. The second-order valence-corrected chi connectivity index (χ2v) is 21.8. The molecule has 436 valence electrons. The van der Waals surface area contributed by atoms with Crippen molar-refractivity contribution in [2.45, 2.75) is 140 Å². The average Bonchev–Trinajstić information content (AvgIpc) is 3.43. The maximum atomic E-state index is 14.3. The van der Waals surface area contributed by atoms with Crippen LogP contribution < -0.4 is 35.5 Å². The standard InChI is InChI=1S/C56H73F6N5O11S/c1-6-7-8-9-10-11-12-13-28-79(70,71)67-50-48(35-75-32-39-22-26-45(73-5)27-23-39)76-33-46(65-53(68)63-42-18-14-16-40(29-42)55(57,58)59)51(50)78-52-49(66-54(69)64-43-19-15-17-41(30-43)56(60,61)62)37(3)36(2)47(77-52)34-74-31-38-20-24-44(72-4)25-21-38/h14-27,29-30,36-37,46-52,67H,6-13,28,31-35H2,1-5H3,(H2,63,65,68)(H2,64,66,69)/t36-,37-,46?,47?,48?,49?,50-,51+,52-/m0/s1. The van der Waals surface area contributed by atoms with Crippen LogP contribution >= 0.6 is 0 Å². The molecule has 4 aromatic carbocycles. The Morgan fingerprint density at radius 3 is 1.63 bits per heavy atom. The summed E-state index contributed by atoms with van der Waals surface area (Å²) in [6.07, 6.45) is -7.19. The highest BCUT2D eigenvalue weighted by Crippen LogP contribution is 2.36. The molecule has 16 nitrogen and oxygen atoms in total. The first kappa shape index (κ1) is 62.5. The van der Waals surface area contributed by atoms with Gasteiger partial charge in [-0.15, -0.1) is 0 Å². The van der Waals surface area contributed by atoms with Crippen molar-refractivity contribution in [1.29, 1.82) is 0 Å². The molecule has 2 saturated heterocycles. The molecule has 9 atom stereocenters. The summed E-state index contributed by atoms with van der Waals surface area (Å²) in [6.45, 7) is 5.42. The number of hydrogen-bond donors (Lipinski definition) is 5. The fraction of sp³-hybridized carbons (Fsp3) is 0.536. The monoisotopic (exact) mass is 1140 g/mol. The molecule has 4 aromatic rings. The summed E-state index contributed by atoms with van der Waals surface area (Å²) in [4.78, 5) is 27.8. The fourth-order valence-corrected chi connectivity index (χ4v) is 10.8. The summed E-state index contributed by atoms with van der Waals surface area (Å²) >= 11 is 0. The lowest BCUT2D eigenvalue weighted by atomic mass is 9.82. The third kappa shape index (κ3) is 19.5. The highest BCUT2D eigenvalue weighted by Gasteiger charge is 2.50. The van der Waals surface area contributed by atoms with Crippen LogP contribution in [0, 0.1) is 11.8 Å². The third-order valence-corrected chi connectivity index (χ3v) is 15.5. The Morgan fingerprint density at radius 1 is 0.633 bits per heavy atom. The van der Waals surface area contributed by atoms with Gasteiger partial charge in [-0.2, -0.15) is 26.3 Å². The van der Waals surface area contributed by atoms with E-state index >= 15 is 0 Å². The number of halogens is 6. The van der Waals surface area contributed by atoms with E-state index in [-0.39, 0.29) is 50.2 Å². The van der Waals surface area contributed by atoms with Crippen molar-refractivity contribution >= 4 is 33.5 Å². The number of urea groups is 2. The number of rotatable bonds is 27. The van der Waals surface area contributed by atoms with Crippen molar-refractivity contribution in [1.82, 2.24) is 15.4 Å². The summed E-state index contributed by atoms with van der Waals surface area (Å²) in [5.41, 5.74) is -0.833. The van der Waals surface area contributed by atoms with E-state index in [4.69, 9.17) is 33.2 Å². The van der Waals surface area contributed by atoms with Crippen molar-refractivity contribution in [2.24, 2.45) is 11.8 Å². The highest BCUT2D eigenvalue weighted by molar-refractivity contribution is 7.89. The minimum atomic E-state index is -4.73. The first-order chi connectivity index (χ1) is 37.7. The van der Waals surface area contributed by atoms with Gasteiger partial charge in [-0.05, 0) is 90.0 Å². The number of alkyl halides is 6. The van der Waals surface area contributed by atoms with Crippen molar-refractivity contribution in [2.75, 3.05) is 50.4 Å². The first-order valence-corrected chi connectivity index (χ1v) is 28.1. The van der Waals surface area contributed by atoms with E-state index in [2.05, 4.69) is 32.9 Å². The number of ether oxygens (including phenoxy) is 7. The average molecular weight is 1140 g/mol. The Hall–Kier alpha value is -5.69. The van der Waals surface area contributed by atoms with E-state index in [0.717, 1.165) is 86.1 Å². The summed E-state index contributed by atoms with van der Waals surface area (Å²) < 4.78 is 157. The molecule has 2 fully saturated rings. The predicted molar refractivity (Wildman–Crippen MR) is 285 cm³/mol. The Morgan fingerprint density at radius 2 is 1.13 bits per heavy atom. The topological polar surface area (TPSA) is 193 Å². The lowest BCUT2D eigenvalue weighted by Gasteiger charge is -2.49. The molecule has 6 rings (SSSR count). The molecule has 23 heteroatoms. The number of unbranched alkanes of at least 4 members (excludes halogenated alkanes) is 7. The maximum Gasteiger partial charge on any atom is 0.416 e. The fourth-order valence-electron chi connectivity index (χ4n) is 9.36. The van der Waals surface area contributed by atoms with Crippen molar-refractivity contribution in [3.05, 3.63) is 119 Å². The minimum absolute atomic E-state index is 0.00805. The summed E-state index contributed by atoms with van der Waals surface area (Å²) in [7, 11) is -1.11. The molecule has 0 saturated carbocycles. The van der Waals surface area contributed by atoms with Gasteiger partial charge in [0.05, 0.1) is 94.5 Å². The van der Waals surface area contributed by atoms with Gasteiger partial charge in [-0.1, -0.05) is 102 Å². The predicted octanol–water partition coefficient (Wildman–Crippen LogP) is 11.1. The molecule has 2 aliphatic heterocycles. The van der Waals surface area contributed by atoms with Gasteiger partial charge in [-0.3, -0.25) is 0 Å². The minimum Gasteiger partial charge on any atom is -0.497 e. The van der Waals surface area contributed by atoms with E-state index in [0.29, 0.717) is 24.3 Å². The summed E-state index contributed by atoms with van der Waals surface area (Å²) in [5, 5.41) is 10.4. The van der Waals surface area contributed by atoms with Gasteiger partial charge in [-0.25, -0.2) is 22.7 Å². The molecule has 79 heavy (non-hydrogen) atoms. The van der Waals surface area contributed by atoms with Crippen molar-refractivity contribution in [3.63, 3.8) is 0 Å². The van der Waals surface area contributed by atoms with Crippen LogP contribution in [0.2, 0.25) is 0 Å². The highest BCUT2D eigenvalue weighted by atomic mass is 32.2. The largest absolute Gasteiger partial charge is 0.497 e. The number of methoxy groups -OCH3 is 2. The Kier molecular flexibility index (Phi) is 23.5. The molecule has 0 radical (unpaired) electrons. The van der Waals surface area contributed by atoms with Crippen LogP contribution in [-0.4, -0.2) is 103 Å². The number of carbonyl (C=O) groups excluding carboxylic acids is 2. The molecular formula is C56H73F6N5O11S. The number of sulfonamides is 1. The second-order valence-electron chi connectivity index (χ2n) is 19.9. The van der Waals surface area contributed by atoms with Crippen LogP contribution in [0.4, 0.5) is 47.3 Å². The lowest BCUT2D eigenvalue weighted by molar-refractivity contribution is -0.276. The number of hydrogen-bond acceptors (Lipinski definition) is 11. The van der Waals surface area contributed by atoms with Gasteiger partial charge in [0.2, 0.25) is 10.0 Å². The van der Waals surface area contributed by atoms with Crippen molar-refractivity contribution in [3.8, 4) is 11.5 Å². The van der Waals surface area contributed by atoms with E-state index in [9.17, 15) is 44.3 Å². The number of anilines is 2. The van der Waals surface area contributed by atoms with Crippen LogP contribution in [0.3, 0.4) is 0 Å². The molecule has 5 N–H and O–H groups in total. The molecular weight excluding hydrogens is 1060 g/mol. The molecule has 4 amide bonds. The zero-order valence-corrected chi connectivity index (χ0v) is 45.8. The second kappa shape index (κ2) is 29.7. The SMILES string of the molecule is CCCCCCCCCCS(=O)(=O)N[C@H]1C(COCc2ccc(OC)cc2)OCC(NC(=O)Nc2cccc(C(F)(F)F)c2)[C@H]1O[C@@H]1OC(COCc2ccc(OC)cc2)[C@@H](C)[C@H](C)C1NC(=O)Nc1cccc(C(F)(F)F)c1. The Labute approximate surface area is 458 Å². The Balaban J connectivity index is 1.35. The van der Waals surface area contributed by atoms with Gasteiger partial charge in [0.1, 0.15) is 17.6 Å². The summed E-state index contributed by atoms with van der Waals surface area (Å²) in [5.74, 6) is 0.0295. The van der Waals surface area contributed by atoms with Crippen LogP contribution in [0.15, 0.2) is 97.1 Å². The van der Waals surface area contributed by atoms with Gasteiger partial charge >= 0.3 is 24.4 Å². The molecule has 4 unspecified atom stereocenters. The van der Waals surface area contributed by atoms with Gasteiger partial charge in [0.15, 0.2) is 6.29 Å². The van der Waals surface area contributed by atoms with Gasteiger partial charge in [0.25, 0.3) is 0 Å². The summed E-state index contributed by atoms with van der Waals surface area (Å²) in [6, 6.07) is 16.6. The number of carbonyl (C=O) groups is 2. The van der Waals surface area contributed by atoms with Crippen LogP contribution in [0.5, 0.6) is 11.5 Å². The van der Waals surface area contributed by atoms with Crippen LogP contribution in [-0.2, 0) is 59.3 Å². The van der Waals surface area contributed by atoms with Crippen LogP contribution in [0.1, 0.15) is 94.4 Å². The molecule has 0 spiro atoms. The van der Waals surface area contributed by atoms with Gasteiger partial charge in [0, 0.05) is 11.4 Å². The first-order valence-electron chi connectivity index (χ1n) is 26.5. The maximum absolute atomic E-state index is 14.3. The smallest absolute Gasteiger partial charge is 0.416 e. The molecule has 2 heterocycles. The van der Waals surface area contributed by atoms with Gasteiger partial charge < -0.3 is 54.4 Å². The van der Waals surface area contributed by atoms with E-state index in [1.54, 1.807) is 50.4 Å². The molecule has 0 aromatic heterocycles.